The molecule has 0 amide bonds. The van der Waals surface area contributed by atoms with Crippen LogP contribution in [0.5, 0.6) is 0 Å². The molecule has 4 heteroatoms. The largest absolute Gasteiger partial charge is 0.518 e. The predicted molar refractivity (Wildman–Crippen MR) is 37.3 cm³/mol. The van der Waals surface area contributed by atoms with Crippen LogP contribution in [0.2, 0.25) is 0 Å². The van der Waals surface area contributed by atoms with E-state index in [1.165, 1.54) is 25.4 Å². The molecular formula is C7H10O4. The van der Waals surface area contributed by atoms with E-state index >= 15 is 0 Å². The minimum absolute atomic E-state index is 0.657. The van der Waals surface area contributed by atoms with E-state index in [1.54, 1.807) is 0 Å². The molecule has 0 unspecified atom stereocenters. The third-order valence-corrected chi connectivity index (χ3v) is 1.21. The van der Waals surface area contributed by atoms with Gasteiger partial charge in [0, 0.05) is 13.2 Å². The molecule has 2 heterocycles. The standard InChI is InChI=1S/C4H8O.C3H2O3/c1-2-4-5-3-1;4-3-5-1-2-6-3/h1-4H2;1-2H. The summed E-state index contributed by atoms with van der Waals surface area (Å²) in [7, 11) is 0. The highest BCUT2D eigenvalue weighted by Crippen LogP contribution is 1.98. The van der Waals surface area contributed by atoms with Crippen molar-refractivity contribution >= 4 is 0 Å². The van der Waals surface area contributed by atoms with Crippen LogP contribution in [0.15, 0.2) is 26.2 Å². The van der Waals surface area contributed by atoms with Gasteiger partial charge in [-0.2, -0.15) is 0 Å². The first-order valence-electron chi connectivity index (χ1n) is 3.49. The van der Waals surface area contributed by atoms with Crippen molar-refractivity contribution in [2.45, 2.75) is 12.8 Å². The fraction of sp³-hybridized carbons (Fsp3) is 0.571. The van der Waals surface area contributed by atoms with Crippen molar-refractivity contribution in [3.63, 3.8) is 0 Å². The van der Waals surface area contributed by atoms with Gasteiger partial charge in [-0.05, 0) is 12.8 Å². The average molecular weight is 158 g/mol. The maximum absolute atomic E-state index is 9.74. The maximum Gasteiger partial charge on any atom is 0.518 e. The molecule has 0 spiro atoms. The molecule has 1 aliphatic heterocycles. The molecule has 2 rings (SSSR count). The third kappa shape index (κ3) is 3.62. The summed E-state index contributed by atoms with van der Waals surface area (Å²) in [6, 6.07) is 0. The summed E-state index contributed by atoms with van der Waals surface area (Å²) in [5, 5.41) is 0. The Bertz CT molecular complexity index is 196. The van der Waals surface area contributed by atoms with E-state index < -0.39 is 5.82 Å². The van der Waals surface area contributed by atoms with Crippen molar-refractivity contribution in [2.24, 2.45) is 0 Å². The van der Waals surface area contributed by atoms with Crippen LogP contribution in [0.25, 0.3) is 0 Å². The van der Waals surface area contributed by atoms with Gasteiger partial charge in [-0.3, -0.25) is 0 Å². The molecular weight excluding hydrogens is 148 g/mol. The highest BCUT2D eigenvalue weighted by molar-refractivity contribution is 4.49. The molecule has 1 fully saturated rings. The fourth-order valence-electron chi connectivity index (χ4n) is 0.705. The highest BCUT2D eigenvalue weighted by atomic mass is 16.5. The van der Waals surface area contributed by atoms with E-state index in [1.807, 2.05) is 0 Å². The van der Waals surface area contributed by atoms with Crippen LogP contribution in [0, 0.1) is 0 Å². The van der Waals surface area contributed by atoms with Crippen molar-refractivity contribution in [1.82, 2.24) is 0 Å². The monoisotopic (exact) mass is 158 g/mol. The molecule has 1 aromatic heterocycles. The zero-order valence-corrected chi connectivity index (χ0v) is 6.12. The van der Waals surface area contributed by atoms with Crippen molar-refractivity contribution in [3.05, 3.63) is 23.1 Å². The molecule has 62 valence electrons. The van der Waals surface area contributed by atoms with Gasteiger partial charge in [0.05, 0.1) is 0 Å². The first-order valence-corrected chi connectivity index (χ1v) is 3.49. The summed E-state index contributed by atoms with van der Waals surface area (Å²) in [5.41, 5.74) is 0. The number of hydrogen-bond donors (Lipinski definition) is 0. The normalized spacial score (nSPS) is 15.6. The predicted octanol–water partition coefficient (Wildman–Crippen LogP) is 1.03. The number of ether oxygens (including phenoxy) is 1. The van der Waals surface area contributed by atoms with E-state index in [0.29, 0.717) is 0 Å². The molecule has 4 nitrogen and oxygen atoms in total. The Morgan fingerprint density at radius 2 is 1.64 bits per heavy atom. The second-order valence-corrected chi connectivity index (χ2v) is 2.08. The first-order chi connectivity index (χ1) is 5.39. The Balaban J connectivity index is 0.000000112. The lowest BCUT2D eigenvalue weighted by Gasteiger charge is -1.76. The topological polar surface area (TPSA) is 52.6 Å². The molecule has 0 atom stereocenters. The molecule has 1 aliphatic rings. The average Bonchev–Trinajstić information content (AvgIpc) is 2.57. The molecule has 0 bridgehead atoms. The summed E-state index contributed by atoms with van der Waals surface area (Å²) in [4.78, 5) is 9.74. The SMILES string of the molecule is C1CCOC1.O=c1occo1. The van der Waals surface area contributed by atoms with Crippen molar-refractivity contribution < 1.29 is 13.6 Å². The zero-order chi connectivity index (χ0) is 7.94. The minimum Gasteiger partial charge on any atom is -0.399 e. The minimum atomic E-state index is -0.657. The Morgan fingerprint density at radius 1 is 1.09 bits per heavy atom. The third-order valence-electron chi connectivity index (χ3n) is 1.21. The van der Waals surface area contributed by atoms with Crippen molar-refractivity contribution in [1.29, 1.82) is 0 Å². The lowest BCUT2D eigenvalue weighted by molar-refractivity contribution is 0.198. The first kappa shape index (κ1) is 8.07. The van der Waals surface area contributed by atoms with Gasteiger partial charge < -0.3 is 13.6 Å². The summed E-state index contributed by atoms with van der Waals surface area (Å²) in [6.07, 6.45) is 4.92. The number of rotatable bonds is 0. The van der Waals surface area contributed by atoms with Crippen LogP contribution in [0.1, 0.15) is 12.8 Å². The van der Waals surface area contributed by atoms with Crippen LogP contribution < -0.4 is 5.82 Å². The lowest BCUT2D eigenvalue weighted by atomic mass is 10.4. The molecule has 0 aliphatic carbocycles. The quantitative estimate of drug-likeness (QED) is 0.565. The van der Waals surface area contributed by atoms with E-state index in [0.717, 1.165) is 13.2 Å². The Kier molecular flexibility index (Phi) is 3.47. The summed E-state index contributed by atoms with van der Waals surface area (Å²) < 4.78 is 13.2. The van der Waals surface area contributed by atoms with Gasteiger partial charge >= 0.3 is 5.82 Å². The Hall–Kier alpha value is -1.03. The molecule has 0 aromatic carbocycles. The second-order valence-electron chi connectivity index (χ2n) is 2.08. The zero-order valence-electron chi connectivity index (χ0n) is 6.12. The molecule has 1 aromatic rings. The molecule has 0 radical (unpaired) electrons. The van der Waals surface area contributed by atoms with Crippen LogP contribution in [-0.2, 0) is 4.74 Å². The maximum atomic E-state index is 9.74. The van der Waals surface area contributed by atoms with Crippen molar-refractivity contribution in [2.75, 3.05) is 13.2 Å². The molecule has 11 heavy (non-hydrogen) atoms. The molecule has 0 N–H and O–H groups in total. The molecule has 0 saturated carbocycles. The van der Waals surface area contributed by atoms with Crippen LogP contribution >= 0.6 is 0 Å². The smallest absolute Gasteiger partial charge is 0.399 e. The fourth-order valence-corrected chi connectivity index (χ4v) is 0.705. The summed E-state index contributed by atoms with van der Waals surface area (Å²) >= 11 is 0. The van der Waals surface area contributed by atoms with Gasteiger partial charge in [-0.1, -0.05) is 0 Å². The van der Waals surface area contributed by atoms with Gasteiger partial charge in [0.25, 0.3) is 0 Å². The summed E-state index contributed by atoms with van der Waals surface area (Å²) in [5.74, 6) is -0.657. The van der Waals surface area contributed by atoms with E-state index in [-0.39, 0.29) is 0 Å². The van der Waals surface area contributed by atoms with Gasteiger partial charge in [0.15, 0.2) is 0 Å². The number of hydrogen-bond acceptors (Lipinski definition) is 4. The van der Waals surface area contributed by atoms with Crippen LogP contribution in [-0.4, -0.2) is 13.2 Å². The van der Waals surface area contributed by atoms with Crippen LogP contribution in [0.3, 0.4) is 0 Å². The Morgan fingerprint density at radius 3 is 1.82 bits per heavy atom. The van der Waals surface area contributed by atoms with Gasteiger partial charge in [-0.25, -0.2) is 4.79 Å². The van der Waals surface area contributed by atoms with E-state index in [4.69, 9.17) is 4.74 Å². The summed E-state index contributed by atoms with van der Waals surface area (Å²) in [6.45, 7) is 2.00. The van der Waals surface area contributed by atoms with Gasteiger partial charge in [0.1, 0.15) is 12.5 Å². The second kappa shape index (κ2) is 4.73. The Labute approximate surface area is 63.8 Å². The van der Waals surface area contributed by atoms with Crippen molar-refractivity contribution in [3.8, 4) is 0 Å². The van der Waals surface area contributed by atoms with Gasteiger partial charge in [0.2, 0.25) is 0 Å². The highest BCUT2D eigenvalue weighted by Gasteiger charge is 1.94. The van der Waals surface area contributed by atoms with E-state index in [2.05, 4.69) is 8.83 Å². The van der Waals surface area contributed by atoms with Gasteiger partial charge in [-0.15, -0.1) is 0 Å². The molecule has 1 saturated heterocycles. The van der Waals surface area contributed by atoms with Crippen LogP contribution in [0.4, 0.5) is 0 Å². The lowest BCUT2D eigenvalue weighted by Crippen LogP contribution is -1.83. The van der Waals surface area contributed by atoms with E-state index in [9.17, 15) is 4.79 Å².